The predicted molar refractivity (Wildman–Crippen MR) is 103 cm³/mol. The van der Waals surface area contributed by atoms with Crippen LogP contribution >= 0.6 is 0 Å². The second-order valence-corrected chi connectivity index (χ2v) is 7.65. The average molecular weight is 407 g/mol. The van der Waals surface area contributed by atoms with Gasteiger partial charge in [0.15, 0.2) is 5.76 Å². The van der Waals surface area contributed by atoms with E-state index in [4.69, 9.17) is 13.9 Å². The Morgan fingerprint density at radius 2 is 1.83 bits per heavy atom. The summed E-state index contributed by atoms with van der Waals surface area (Å²) in [5.74, 6) is -0.291. The number of amides is 3. The Hall–Kier alpha value is -2.39. The predicted octanol–water partition coefficient (Wildman–Crippen LogP) is 0.514. The van der Waals surface area contributed by atoms with Gasteiger partial charge in [0.25, 0.3) is 5.91 Å². The second kappa shape index (κ2) is 9.89. The zero-order valence-electron chi connectivity index (χ0n) is 16.9. The summed E-state index contributed by atoms with van der Waals surface area (Å²) in [5, 5.41) is 2.59. The van der Waals surface area contributed by atoms with Gasteiger partial charge in [0.05, 0.1) is 26.0 Å². The number of hydrogen-bond acceptors (Lipinski definition) is 6. The molecule has 1 aromatic heterocycles. The summed E-state index contributed by atoms with van der Waals surface area (Å²) < 4.78 is 15.3. The molecule has 3 amide bonds. The van der Waals surface area contributed by atoms with Crippen LogP contribution in [0.4, 0.5) is 0 Å². The van der Waals surface area contributed by atoms with Crippen LogP contribution in [0.1, 0.15) is 29.8 Å². The zero-order valence-corrected chi connectivity index (χ0v) is 16.9. The van der Waals surface area contributed by atoms with Gasteiger partial charge in [-0.1, -0.05) is 0 Å². The van der Waals surface area contributed by atoms with Crippen LogP contribution in [0.5, 0.6) is 0 Å². The topological polar surface area (TPSA) is 101 Å². The van der Waals surface area contributed by atoms with Crippen molar-refractivity contribution in [1.29, 1.82) is 0 Å². The van der Waals surface area contributed by atoms with Gasteiger partial charge in [0, 0.05) is 33.3 Å². The highest BCUT2D eigenvalue weighted by molar-refractivity contribution is 5.94. The van der Waals surface area contributed by atoms with Crippen LogP contribution in [0.25, 0.3) is 0 Å². The summed E-state index contributed by atoms with van der Waals surface area (Å²) in [4.78, 5) is 40.2. The van der Waals surface area contributed by atoms with E-state index in [0.29, 0.717) is 26.3 Å². The van der Waals surface area contributed by atoms with Crippen LogP contribution in [0, 0.1) is 5.41 Å². The van der Waals surface area contributed by atoms with E-state index in [1.54, 1.807) is 24.1 Å². The third kappa shape index (κ3) is 5.57. The number of hydrogen-bond donors (Lipinski definition) is 1. The maximum atomic E-state index is 12.4. The lowest BCUT2D eigenvalue weighted by atomic mass is 9.78. The molecule has 3 rings (SSSR count). The van der Waals surface area contributed by atoms with Crippen molar-refractivity contribution in [2.45, 2.75) is 19.3 Å². The first-order valence-electron chi connectivity index (χ1n) is 9.97. The van der Waals surface area contributed by atoms with Gasteiger partial charge in [-0.3, -0.25) is 14.4 Å². The van der Waals surface area contributed by atoms with Crippen molar-refractivity contribution in [3.63, 3.8) is 0 Å². The van der Waals surface area contributed by atoms with Crippen molar-refractivity contribution < 1.29 is 28.3 Å². The first-order chi connectivity index (χ1) is 14.0. The molecule has 0 bridgehead atoms. The van der Waals surface area contributed by atoms with Gasteiger partial charge in [-0.05, 0) is 36.8 Å². The average Bonchev–Trinajstić information content (AvgIpc) is 3.40. The van der Waals surface area contributed by atoms with Crippen LogP contribution < -0.4 is 5.32 Å². The fourth-order valence-corrected chi connectivity index (χ4v) is 3.94. The molecule has 9 nitrogen and oxygen atoms in total. The number of carbonyl (C=O) groups is 3. The number of nitrogens with one attached hydrogen (secondary N) is 1. The van der Waals surface area contributed by atoms with E-state index < -0.39 is 5.91 Å². The molecule has 2 fully saturated rings. The molecule has 0 saturated carbocycles. The summed E-state index contributed by atoms with van der Waals surface area (Å²) >= 11 is 0. The highest BCUT2D eigenvalue weighted by atomic mass is 16.5. The van der Waals surface area contributed by atoms with Gasteiger partial charge in [-0.25, -0.2) is 0 Å². The van der Waals surface area contributed by atoms with Crippen molar-refractivity contribution >= 4 is 17.7 Å². The standard InChI is InChI=1S/C20H29N3O6/c1-27-11-12-28-14-18(25)23-9-6-20(15-23)4-7-22(8-5-20)17(24)13-21-19(26)16-3-2-10-29-16/h2-3,10H,4-9,11-15H2,1H3,(H,21,26). The van der Waals surface area contributed by atoms with Gasteiger partial charge in [-0.15, -0.1) is 0 Å². The number of likely N-dealkylation sites (tertiary alicyclic amines) is 2. The van der Waals surface area contributed by atoms with E-state index in [2.05, 4.69) is 5.32 Å². The number of piperidine rings is 1. The Bertz CT molecular complexity index is 697. The van der Waals surface area contributed by atoms with E-state index in [9.17, 15) is 14.4 Å². The third-order valence-corrected chi connectivity index (χ3v) is 5.77. The van der Waals surface area contributed by atoms with Gasteiger partial charge in [0.1, 0.15) is 6.61 Å². The fraction of sp³-hybridized carbons (Fsp3) is 0.650. The van der Waals surface area contributed by atoms with Crippen LogP contribution in [-0.2, 0) is 19.1 Å². The summed E-state index contributed by atoms with van der Waals surface area (Å²) in [6.45, 7) is 3.66. The molecule has 2 saturated heterocycles. The first kappa shape index (κ1) is 21.3. The van der Waals surface area contributed by atoms with Crippen molar-refractivity contribution in [1.82, 2.24) is 15.1 Å². The molecule has 29 heavy (non-hydrogen) atoms. The molecule has 0 aliphatic carbocycles. The van der Waals surface area contributed by atoms with Crippen LogP contribution in [-0.4, -0.2) is 87.2 Å². The minimum atomic E-state index is -0.394. The van der Waals surface area contributed by atoms with E-state index in [1.165, 1.54) is 6.26 Å². The first-order valence-corrected chi connectivity index (χ1v) is 9.97. The van der Waals surface area contributed by atoms with Gasteiger partial charge in [-0.2, -0.15) is 0 Å². The lowest BCUT2D eigenvalue weighted by Crippen LogP contribution is -2.47. The smallest absolute Gasteiger partial charge is 0.287 e. The molecule has 1 spiro atoms. The van der Waals surface area contributed by atoms with Crippen LogP contribution in [0.2, 0.25) is 0 Å². The Morgan fingerprint density at radius 1 is 1.10 bits per heavy atom. The number of methoxy groups -OCH3 is 1. The molecule has 0 aromatic carbocycles. The number of rotatable bonds is 8. The molecular weight excluding hydrogens is 378 g/mol. The molecule has 0 radical (unpaired) electrons. The molecule has 1 N–H and O–H groups in total. The lowest BCUT2D eigenvalue weighted by molar-refractivity contribution is -0.137. The van der Waals surface area contributed by atoms with Crippen molar-refractivity contribution in [2.75, 3.05) is 59.7 Å². The Labute approximate surface area is 170 Å². The van der Waals surface area contributed by atoms with Crippen molar-refractivity contribution in [3.05, 3.63) is 24.2 Å². The molecule has 0 unspecified atom stereocenters. The van der Waals surface area contributed by atoms with Crippen molar-refractivity contribution in [2.24, 2.45) is 5.41 Å². The number of furan rings is 1. The normalized spacial score (nSPS) is 18.2. The monoisotopic (exact) mass is 407 g/mol. The summed E-state index contributed by atoms with van der Waals surface area (Å²) in [7, 11) is 1.60. The van der Waals surface area contributed by atoms with E-state index in [0.717, 1.165) is 32.4 Å². The van der Waals surface area contributed by atoms with E-state index in [-0.39, 0.29) is 36.1 Å². The molecule has 3 heterocycles. The van der Waals surface area contributed by atoms with Crippen LogP contribution in [0.15, 0.2) is 22.8 Å². The summed E-state index contributed by atoms with van der Waals surface area (Å²) in [6.07, 6.45) is 4.09. The SMILES string of the molecule is COCCOCC(=O)N1CCC2(CCN(C(=O)CNC(=O)c3ccco3)CC2)C1. The molecule has 160 valence electrons. The number of carbonyl (C=O) groups excluding carboxylic acids is 3. The highest BCUT2D eigenvalue weighted by Crippen LogP contribution is 2.40. The lowest BCUT2D eigenvalue weighted by Gasteiger charge is -2.39. The molecule has 2 aliphatic heterocycles. The Morgan fingerprint density at radius 3 is 2.48 bits per heavy atom. The molecular formula is C20H29N3O6. The Balaban J connectivity index is 1.39. The summed E-state index contributed by atoms with van der Waals surface area (Å²) in [5.41, 5.74) is 0.0797. The van der Waals surface area contributed by atoms with E-state index in [1.807, 2.05) is 4.90 Å². The quantitative estimate of drug-likeness (QED) is 0.631. The molecule has 1 aromatic rings. The third-order valence-electron chi connectivity index (χ3n) is 5.77. The van der Waals surface area contributed by atoms with Gasteiger partial charge >= 0.3 is 0 Å². The highest BCUT2D eigenvalue weighted by Gasteiger charge is 2.42. The fourth-order valence-electron chi connectivity index (χ4n) is 3.94. The van der Waals surface area contributed by atoms with E-state index >= 15 is 0 Å². The minimum absolute atomic E-state index is 0.0112. The number of nitrogens with zero attached hydrogens (tertiary/aromatic N) is 2. The minimum Gasteiger partial charge on any atom is -0.459 e. The maximum Gasteiger partial charge on any atom is 0.287 e. The Kier molecular flexibility index (Phi) is 7.27. The molecule has 2 aliphatic rings. The van der Waals surface area contributed by atoms with Gasteiger partial charge < -0.3 is 29.0 Å². The molecule has 9 heteroatoms. The maximum absolute atomic E-state index is 12.4. The summed E-state index contributed by atoms with van der Waals surface area (Å²) in [6, 6.07) is 3.18. The van der Waals surface area contributed by atoms with Gasteiger partial charge in [0.2, 0.25) is 11.8 Å². The van der Waals surface area contributed by atoms with Crippen LogP contribution in [0.3, 0.4) is 0 Å². The number of ether oxygens (including phenoxy) is 2. The second-order valence-electron chi connectivity index (χ2n) is 7.65. The van der Waals surface area contributed by atoms with Crippen molar-refractivity contribution in [3.8, 4) is 0 Å². The molecule has 0 atom stereocenters. The largest absolute Gasteiger partial charge is 0.459 e. The zero-order chi connectivity index (χ0) is 20.7.